The molecule has 2 aromatic carbocycles. The Kier molecular flexibility index (Phi) is 5.83. The van der Waals surface area contributed by atoms with Crippen LogP contribution in [-0.4, -0.2) is 32.9 Å². The van der Waals surface area contributed by atoms with Crippen LogP contribution in [0.1, 0.15) is 5.56 Å². The lowest BCUT2D eigenvalue weighted by Crippen LogP contribution is -2.05. The van der Waals surface area contributed by atoms with E-state index < -0.39 is 4.92 Å². The number of rotatable bonds is 8. The molecular weight excluding hydrogens is 314 g/mol. The molecule has 0 unspecified atom stereocenters. The monoisotopic (exact) mass is 333 g/mol. The lowest BCUT2D eigenvalue weighted by Gasteiger charge is -2.11. The number of nitro groups is 1. The summed E-state index contributed by atoms with van der Waals surface area (Å²) in [4.78, 5) is 10.8. The van der Waals surface area contributed by atoms with Crippen LogP contribution in [0.15, 0.2) is 36.4 Å². The maximum atomic E-state index is 11.2. The predicted octanol–water partition coefficient (Wildman–Crippen LogP) is 3.24. The molecule has 0 atom stereocenters. The minimum atomic E-state index is -0.440. The normalized spacial score (nSPS) is 10.1. The van der Waals surface area contributed by atoms with Gasteiger partial charge in [-0.1, -0.05) is 0 Å². The van der Waals surface area contributed by atoms with Crippen LogP contribution in [-0.2, 0) is 6.42 Å². The maximum Gasteiger partial charge on any atom is 0.276 e. The molecule has 0 N–H and O–H groups in total. The number of ether oxygens (including phenoxy) is 4. The highest BCUT2D eigenvalue weighted by molar-refractivity contribution is 5.54. The molecule has 24 heavy (non-hydrogen) atoms. The first-order valence-electron chi connectivity index (χ1n) is 7.25. The summed E-state index contributed by atoms with van der Waals surface area (Å²) < 4.78 is 21.0. The second kappa shape index (κ2) is 8.05. The van der Waals surface area contributed by atoms with Crippen molar-refractivity contribution < 1.29 is 23.9 Å². The molecule has 0 bridgehead atoms. The number of nitro benzene ring substituents is 1. The Morgan fingerprint density at radius 2 is 1.50 bits per heavy atom. The van der Waals surface area contributed by atoms with E-state index in [-0.39, 0.29) is 5.69 Å². The number of hydrogen-bond donors (Lipinski definition) is 0. The van der Waals surface area contributed by atoms with Crippen molar-refractivity contribution in [2.75, 3.05) is 27.9 Å². The molecule has 0 aliphatic rings. The Labute approximate surface area is 139 Å². The number of hydrogen-bond acceptors (Lipinski definition) is 6. The van der Waals surface area contributed by atoms with Crippen LogP contribution in [0.2, 0.25) is 0 Å². The molecule has 2 rings (SSSR count). The fourth-order valence-electron chi connectivity index (χ4n) is 2.23. The van der Waals surface area contributed by atoms with Crippen molar-refractivity contribution >= 4 is 5.69 Å². The molecule has 0 fully saturated rings. The number of benzene rings is 2. The minimum absolute atomic E-state index is 0.0222. The van der Waals surface area contributed by atoms with Gasteiger partial charge in [0.25, 0.3) is 5.69 Å². The summed E-state index contributed by atoms with van der Waals surface area (Å²) in [7, 11) is 4.52. The first-order valence-corrected chi connectivity index (χ1v) is 7.25. The van der Waals surface area contributed by atoms with Gasteiger partial charge in [-0.2, -0.15) is 0 Å². The first-order chi connectivity index (χ1) is 11.6. The molecule has 0 saturated heterocycles. The molecular formula is C17H19NO6. The molecule has 0 radical (unpaired) electrons. The van der Waals surface area contributed by atoms with Crippen molar-refractivity contribution in [3.63, 3.8) is 0 Å². The molecule has 0 heterocycles. The quantitative estimate of drug-likeness (QED) is 0.545. The van der Waals surface area contributed by atoms with Gasteiger partial charge in [0.2, 0.25) is 0 Å². The van der Waals surface area contributed by atoms with Crippen molar-refractivity contribution in [3.8, 4) is 23.0 Å². The highest BCUT2D eigenvalue weighted by Gasteiger charge is 2.19. The van der Waals surface area contributed by atoms with E-state index in [1.807, 2.05) is 0 Å². The van der Waals surface area contributed by atoms with Crippen molar-refractivity contribution in [2.45, 2.75) is 6.42 Å². The predicted molar refractivity (Wildman–Crippen MR) is 88.4 cm³/mol. The van der Waals surface area contributed by atoms with Crippen molar-refractivity contribution in [1.29, 1.82) is 0 Å². The van der Waals surface area contributed by atoms with Crippen molar-refractivity contribution in [3.05, 3.63) is 52.1 Å². The molecule has 0 saturated carbocycles. The van der Waals surface area contributed by atoms with Gasteiger partial charge in [-0.25, -0.2) is 0 Å². The molecule has 7 heteroatoms. The van der Waals surface area contributed by atoms with Crippen LogP contribution < -0.4 is 18.9 Å². The zero-order valence-corrected chi connectivity index (χ0v) is 13.8. The number of nitrogens with zero attached hydrogens (tertiary/aromatic N) is 1. The Morgan fingerprint density at radius 3 is 2.04 bits per heavy atom. The van der Waals surface area contributed by atoms with Crippen LogP contribution in [0.5, 0.6) is 23.0 Å². The highest BCUT2D eigenvalue weighted by atomic mass is 16.6. The van der Waals surface area contributed by atoms with Gasteiger partial charge in [0.1, 0.15) is 11.5 Å². The smallest absolute Gasteiger partial charge is 0.276 e. The summed E-state index contributed by atoms with van der Waals surface area (Å²) in [6, 6.07) is 10.1. The molecule has 0 aliphatic carbocycles. The second-order valence-corrected chi connectivity index (χ2v) is 4.87. The van der Waals surface area contributed by atoms with E-state index in [4.69, 9.17) is 18.9 Å². The van der Waals surface area contributed by atoms with Crippen LogP contribution in [0.25, 0.3) is 0 Å². The Hall–Kier alpha value is -2.96. The van der Waals surface area contributed by atoms with Gasteiger partial charge in [-0.15, -0.1) is 0 Å². The summed E-state index contributed by atoms with van der Waals surface area (Å²) in [5.74, 6) is 2.17. The van der Waals surface area contributed by atoms with Gasteiger partial charge in [0.05, 0.1) is 38.9 Å². The summed E-state index contributed by atoms with van der Waals surface area (Å²) in [5, 5.41) is 11.2. The summed E-state index contributed by atoms with van der Waals surface area (Å²) >= 11 is 0. The van der Waals surface area contributed by atoms with E-state index >= 15 is 0 Å². The number of methoxy groups -OCH3 is 3. The third-order valence-electron chi connectivity index (χ3n) is 3.48. The maximum absolute atomic E-state index is 11.2. The Morgan fingerprint density at radius 1 is 0.917 bits per heavy atom. The van der Waals surface area contributed by atoms with Crippen LogP contribution in [0, 0.1) is 10.1 Å². The third-order valence-corrected chi connectivity index (χ3v) is 3.48. The Bertz CT molecular complexity index is 699. The van der Waals surface area contributed by atoms with Gasteiger partial charge in [0.15, 0.2) is 11.5 Å². The molecule has 0 spiro atoms. The molecule has 0 aromatic heterocycles. The van der Waals surface area contributed by atoms with E-state index in [2.05, 4.69) is 0 Å². The average Bonchev–Trinajstić information content (AvgIpc) is 2.61. The van der Waals surface area contributed by atoms with E-state index in [9.17, 15) is 10.1 Å². The molecule has 2 aromatic rings. The van der Waals surface area contributed by atoms with Gasteiger partial charge in [0, 0.05) is 12.0 Å². The van der Waals surface area contributed by atoms with E-state index in [0.717, 1.165) is 5.75 Å². The molecule has 7 nitrogen and oxygen atoms in total. The largest absolute Gasteiger partial charge is 0.497 e. The lowest BCUT2D eigenvalue weighted by atomic mass is 10.1. The lowest BCUT2D eigenvalue weighted by molar-refractivity contribution is -0.385. The van der Waals surface area contributed by atoms with Crippen LogP contribution in [0.3, 0.4) is 0 Å². The fraction of sp³-hybridized carbons (Fsp3) is 0.294. The SMILES string of the molecule is COc1ccc(OCCc2cc(OC)c(OC)cc2[N+](=O)[O-])cc1. The summed E-state index contributed by atoms with van der Waals surface area (Å²) in [6.07, 6.45) is 0.364. The molecule has 128 valence electrons. The van der Waals surface area contributed by atoms with Crippen LogP contribution in [0.4, 0.5) is 5.69 Å². The zero-order chi connectivity index (χ0) is 17.5. The van der Waals surface area contributed by atoms with Gasteiger partial charge >= 0.3 is 0 Å². The highest BCUT2D eigenvalue weighted by Crippen LogP contribution is 2.34. The van der Waals surface area contributed by atoms with Gasteiger partial charge < -0.3 is 18.9 Å². The second-order valence-electron chi connectivity index (χ2n) is 4.87. The van der Waals surface area contributed by atoms with Crippen LogP contribution >= 0.6 is 0 Å². The van der Waals surface area contributed by atoms with E-state index in [1.54, 1.807) is 37.4 Å². The van der Waals surface area contributed by atoms with E-state index in [1.165, 1.54) is 20.3 Å². The van der Waals surface area contributed by atoms with Crippen molar-refractivity contribution in [2.24, 2.45) is 0 Å². The summed E-state index contributed by atoms with van der Waals surface area (Å²) in [6.45, 7) is 0.294. The van der Waals surface area contributed by atoms with E-state index in [0.29, 0.717) is 35.8 Å². The first kappa shape index (κ1) is 17.4. The topological polar surface area (TPSA) is 80.1 Å². The fourth-order valence-corrected chi connectivity index (χ4v) is 2.23. The third kappa shape index (κ3) is 4.07. The zero-order valence-electron chi connectivity index (χ0n) is 13.8. The summed E-state index contributed by atoms with van der Waals surface area (Å²) in [5.41, 5.74) is 0.497. The van der Waals surface area contributed by atoms with Gasteiger partial charge in [-0.05, 0) is 30.3 Å². The average molecular weight is 333 g/mol. The standard InChI is InChI=1S/C17H19NO6/c1-21-13-4-6-14(7-5-13)24-9-8-12-10-16(22-2)17(23-3)11-15(12)18(19)20/h4-7,10-11H,8-9H2,1-3H3. The molecule has 0 aliphatic heterocycles. The van der Waals surface area contributed by atoms with Gasteiger partial charge in [-0.3, -0.25) is 10.1 Å². The molecule has 0 amide bonds. The Balaban J connectivity index is 2.11. The van der Waals surface area contributed by atoms with Crippen molar-refractivity contribution in [1.82, 2.24) is 0 Å². The minimum Gasteiger partial charge on any atom is -0.497 e.